The number of fused-ring (bicyclic) bond motifs is 3. The molecule has 34 heavy (non-hydrogen) atoms. The summed E-state index contributed by atoms with van der Waals surface area (Å²) in [6.07, 6.45) is 5.47. The van der Waals surface area contributed by atoms with Gasteiger partial charge in [0, 0.05) is 22.0 Å². The maximum atomic E-state index is 5.81. The summed E-state index contributed by atoms with van der Waals surface area (Å²) in [7, 11) is 1.68. The third-order valence-corrected chi connectivity index (χ3v) is 6.82. The van der Waals surface area contributed by atoms with E-state index in [9.17, 15) is 0 Å². The summed E-state index contributed by atoms with van der Waals surface area (Å²) in [6.45, 7) is 7.83. The van der Waals surface area contributed by atoms with Crippen molar-refractivity contribution < 1.29 is 9.26 Å². The van der Waals surface area contributed by atoms with Crippen LogP contribution in [0.2, 0.25) is 0 Å². The van der Waals surface area contributed by atoms with E-state index >= 15 is 0 Å². The van der Waals surface area contributed by atoms with Gasteiger partial charge in [0.05, 0.1) is 36.0 Å². The number of H-pyrrole nitrogens is 1. The van der Waals surface area contributed by atoms with Gasteiger partial charge in [-0.05, 0) is 59.1 Å². The lowest BCUT2D eigenvalue weighted by atomic mass is 9.93. The predicted molar refractivity (Wildman–Crippen MR) is 131 cm³/mol. The van der Waals surface area contributed by atoms with Crippen LogP contribution in [0, 0.1) is 27.7 Å². The van der Waals surface area contributed by atoms with Crippen LogP contribution < -0.4 is 10.1 Å². The summed E-state index contributed by atoms with van der Waals surface area (Å²) in [5, 5.41) is 14.3. The van der Waals surface area contributed by atoms with Gasteiger partial charge in [0.15, 0.2) is 0 Å². The van der Waals surface area contributed by atoms with Crippen LogP contribution in [0.5, 0.6) is 5.75 Å². The Balaban J connectivity index is 1.56. The van der Waals surface area contributed by atoms with Crippen molar-refractivity contribution in [2.24, 2.45) is 0 Å². The molecule has 0 bridgehead atoms. The van der Waals surface area contributed by atoms with Crippen molar-refractivity contribution in [3.8, 4) is 16.9 Å². The molecular formula is C25H27N7O2. The fourth-order valence-corrected chi connectivity index (χ4v) is 4.88. The number of rotatable bonds is 5. The van der Waals surface area contributed by atoms with Crippen LogP contribution in [0.25, 0.3) is 33.1 Å². The van der Waals surface area contributed by atoms with E-state index in [0.29, 0.717) is 11.9 Å². The fourth-order valence-electron chi connectivity index (χ4n) is 4.88. The molecule has 0 saturated heterocycles. The first-order valence-electron chi connectivity index (χ1n) is 11.6. The fraction of sp³-hybridized carbons (Fsp3) is 0.360. The lowest BCUT2D eigenvalue weighted by Crippen LogP contribution is -2.20. The van der Waals surface area contributed by atoms with Crippen molar-refractivity contribution in [1.29, 1.82) is 0 Å². The lowest BCUT2D eigenvalue weighted by molar-refractivity contribution is 0.293. The number of hydrogen-bond acceptors (Lipinski definition) is 7. The normalized spacial score (nSPS) is 14.1. The summed E-state index contributed by atoms with van der Waals surface area (Å²) in [6, 6.07) is 4.55. The zero-order valence-corrected chi connectivity index (χ0v) is 20.0. The molecule has 1 aliphatic carbocycles. The molecule has 0 atom stereocenters. The molecule has 9 nitrogen and oxygen atoms in total. The van der Waals surface area contributed by atoms with E-state index in [1.165, 1.54) is 6.42 Å². The number of methoxy groups -OCH3 is 1. The van der Waals surface area contributed by atoms with Gasteiger partial charge in [-0.2, -0.15) is 5.10 Å². The molecule has 0 spiro atoms. The number of anilines is 2. The van der Waals surface area contributed by atoms with Gasteiger partial charge < -0.3 is 19.6 Å². The van der Waals surface area contributed by atoms with Gasteiger partial charge in [0.25, 0.3) is 0 Å². The summed E-state index contributed by atoms with van der Waals surface area (Å²) < 4.78 is 13.3. The van der Waals surface area contributed by atoms with Crippen molar-refractivity contribution in [2.45, 2.75) is 53.0 Å². The third kappa shape index (κ3) is 3.07. The van der Waals surface area contributed by atoms with E-state index in [-0.39, 0.29) is 0 Å². The number of aromatic nitrogens is 6. The highest BCUT2D eigenvalue weighted by atomic mass is 16.5. The molecule has 1 aromatic carbocycles. The van der Waals surface area contributed by atoms with E-state index < -0.39 is 0 Å². The van der Waals surface area contributed by atoms with Crippen molar-refractivity contribution in [3.05, 3.63) is 41.2 Å². The standard InChI is InChI=1S/C25H27N7O2/c1-12-11-26-32(16-7-6-8-16)25(12)30-24-22-17-10-20(33-5)18(21-13(2)31-34-14(21)3)9-19(17)29-23(22)27-15(4)28-24/h9-11,16H,6-8H2,1-5H3,(H2,27,28,29,30). The molecular weight excluding hydrogens is 430 g/mol. The van der Waals surface area contributed by atoms with Gasteiger partial charge in [-0.25, -0.2) is 14.6 Å². The van der Waals surface area contributed by atoms with E-state index in [1.807, 2.05) is 33.0 Å². The molecule has 1 aliphatic rings. The van der Waals surface area contributed by atoms with E-state index in [4.69, 9.17) is 19.2 Å². The second kappa shape index (κ2) is 7.58. The Bertz CT molecular complexity index is 1540. The minimum Gasteiger partial charge on any atom is -0.496 e. The Morgan fingerprint density at radius 2 is 1.97 bits per heavy atom. The zero-order valence-electron chi connectivity index (χ0n) is 20.0. The quantitative estimate of drug-likeness (QED) is 0.350. The second-order valence-electron chi connectivity index (χ2n) is 9.10. The van der Waals surface area contributed by atoms with Gasteiger partial charge in [-0.15, -0.1) is 0 Å². The minimum atomic E-state index is 0.440. The number of hydrogen-bond donors (Lipinski definition) is 2. The Morgan fingerprint density at radius 1 is 1.15 bits per heavy atom. The lowest BCUT2D eigenvalue weighted by Gasteiger charge is -2.27. The van der Waals surface area contributed by atoms with Gasteiger partial charge in [-0.1, -0.05) is 5.16 Å². The molecule has 4 heterocycles. The highest BCUT2D eigenvalue weighted by molar-refractivity contribution is 6.13. The van der Waals surface area contributed by atoms with Crippen molar-refractivity contribution >= 4 is 33.6 Å². The first-order chi connectivity index (χ1) is 16.4. The second-order valence-corrected chi connectivity index (χ2v) is 9.10. The van der Waals surface area contributed by atoms with Gasteiger partial charge in [-0.3, -0.25) is 0 Å². The highest BCUT2D eigenvalue weighted by Crippen LogP contribution is 2.41. The van der Waals surface area contributed by atoms with Crippen molar-refractivity contribution in [3.63, 3.8) is 0 Å². The number of benzene rings is 1. The Kier molecular flexibility index (Phi) is 4.62. The van der Waals surface area contributed by atoms with Crippen LogP contribution in [0.15, 0.2) is 22.9 Å². The number of nitrogens with one attached hydrogen (secondary N) is 2. The zero-order chi connectivity index (χ0) is 23.6. The van der Waals surface area contributed by atoms with Crippen LogP contribution in [-0.4, -0.2) is 37.0 Å². The topological polar surface area (TPSA) is 107 Å². The smallest absolute Gasteiger partial charge is 0.145 e. The molecule has 174 valence electrons. The van der Waals surface area contributed by atoms with Gasteiger partial charge in [0.1, 0.15) is 34.6 Å². The van der Waals surface area contributed by atoms with Crippen LogP contribution in [0.1, 0.15) is 48.1 Å². The molecule has 0 aliphatic heterocycles. The summed E-state index contributed by atoms with van der Waals surface area (Å²) in [5.74, 6) is 3.92. The minimum absolute atomic E-state index is 0.440. The van der Waals surface area contributed by atoms with Crippen LogP contribution >= 0.6 is 0 Å². The molecule has 1 saturated carbocycles. The molecule has 1 fully saturated rings. The number of nitrogens with zero attached hydrogens (tertiary/aromatic N) is 5. The summed E-state index contributed by atoms with van der Waals surface area (Å²) in [4.78, 5) is 13.0. The van der Waals surface area contributed by atoms with Crippen LogP contribution in [-0.2, 0) is 0 Å². The number of aromatic amines is 1. The first-order valence-corrected chi connectivity index (χ1v) is 11.6. The molecule has 2 N–H and O–H groups in total. The maximum absolute atomic E-state index is 5.81. The molecule has 9 heteroatoms. The Labute approximate surface area is 196 Å². The molecule has 0 unspecified atom stereocenters. The molecule has 0 radical (unpaired) electrons. The van der Waals surface area contributed by atoms with Crippen LogP contribution in [0.3, 0.4) is 0 Å². The number of ether oxygens (including phenoxy) is 1. The highest BCUT2D eigenvalue weighted by Gasteiger charge is 2.25. The SMILES string of the molecule is COc1cc2c(cc1-c1c(C)noc1C)[nH]c1nc(C)nc(Nc3c(C)cnn3C3CCC3)c12. The van der Waals surface area contributed by atoms with E-state index in [1.54, 1.807) is 7.11 Å². The first kappa shape index (κ1) is 20.7. The monoisotopic (exact) mass is 457 g/mol. The third-order valence-electron chi connectivity index (χ3n) is 6.82. The Hall–Kier alpha value is -3.88. The summed E-state index contributed by atoms with van der Waals surface area (Å²) in [5.41, 5.74) is 5.50. The molecule has 5 aromatic rings. The van der Waals surface area contributed by atoms with Crippen molar-refractivity contribution in [1.82, 2.24) is 29.9 Å². The predicted octanol–water partition coefficient (Wildman–Crippen LogP) is 5.67. The molecule has 6 rings (SSSR count). The maximum Gasteiger partial charge on any atom is 0.145 e. The Morgan fingerprint density at radius 3 is 2.65 bits per heavy atom. The molecule has 4 aromatic heterocycles. The van der Waals surface area contributed by atoms with E-state index in [2.05, 4.69) is 38.2 Å². The summed E-state index contributed by atoms with van der Waals surface area (Å²) >= 11 is 0. The number of aryl methyl sites for hydroxylation is 4. The van der Waals surface area contributed by atoms with Gasteiger partial charge >= 0.3 is 0 Å². The van der Waals surface area contributed by atoms with Gasteiger partial charge in [0.2, 0.25) is 0 Å². The average molecular weight is 458 g/mol. The largest absolute Gasteiger partial charge is 0.496 e. The molecule has 0 amide bonds. The van der Waals surface area contributed by atoms with E-state index in [0.717, 1.165) is 80.3 Å². The van der Waals surface area contributed by atoms with Crippen LogP contribution in [0.4, 0.5) is 11.6 Å². The van der Waals surface area contributed by atoms with Crippen molar-refractivity contribution in [2.75, 3.05) is 12.4 Å². The average Bonchev–Trinajstić information content (AvgIpc) is 3.41.